The van der Waals surface area contributed by atoms with E-state index < -0.39 is 5.12 Å². The SMILES string of the molecule is CN(C=O)C1(Cl)C=CNN(Cl)N1. The van der Waals surface area contributed by atoms with Gasteiger partial charge in [0.1, 0.15) is 0 Å². The number of alkyl halides is 1. The molecule has 0 fully saturated rings. The summed E-state index contributed by atoms with van der Waals surface area (Å²) in [6.07, 6.45) is 3.68. The van der Waals surface area contributed by atoms with Crippen LogP contribution in [0.5, 0.6) is 0 Å². The molecule has 1 heterocycles. The number of nitrogens with one attached hydrogen (secondary N) is 2. The van der Waals surface area contributed by atoms with Crippen molar-refractivity contribution in [2.24, 2.45) is 0 Å². The van der Waals surface area contributed by atoms with Gasteiger partial charge in [-0.2, -0.15) is 5.43 Å². The van der Waals surface area contributed by atoms with E-state index in [4.69, 9.17) is 23.4 Å². The van der Waals surface area contributed by atoms with Crippen LogP contribution in [-0.2, 0) is 4.79 Å². The largest absolute Gasteiger partial charge is 0.313 e. The number of hydrazine groups is 2. The van der Waals surface area contributed by atoms with Crippen LogP contribution < -0.4 is 10.9 Å². The van der Waals surface area contributed by atoms with E-state index >= 15 is 0 Å². The lowest BCUT2D eigenvalue weighted by Gasteiger charge is -2.36. The number of amides is 1. The summed E-state index contributed by atoms with van der Waals surface area (Å²) in [5, 5.41) is -1.10. The molecular formula is C5H8Cl2N4O. The second-order valence-corrected chi connectivity index (χ2v) is 3.16. The predicted octanol–water partition coefficient (Wildman–Crippen LogP) is -0.0405. The van der Waals surface area contributed by atoms with Crippen LogP contribution in [0.4, 0.5) is 0 Å². The third-order valence-electron chi connectivity index (χ3n) is 1.42. The number of hydrogen-bond donors (Lipinski definition) is 2. The molecule has 0 bridgehead atoms. The maximum Gasteiger partial charge on any atom is 0.212 e. The van der Waals surface area contributed by atoms with E-state index in [9.17, 15) is 4.79 Å². The van der Waals surface area contributed by atoms with Crippen LogP contribution in [0.1, 0.15) is 0 Å². The van der Waals surface area contributed by atoms with Crippen molar-refractivity contribution >= 4 is 29.8 Å². The normalized spacial score (nSPS) is 29.6. The van der Waals surface area contributed by atoms with Gasteiger partial charge in [0, 0.05) is 25.0 Å². The lowest BCUT2D eigenvalue weighted by molar-refractivity contribution is -0.120. The highest BCUT2D eigenvalue weighted by atomic mass is 35.5. The van der Waals surface area contributed by atoms with Gasteiger partial charge < -0.3 is 4.90 Å². The fraction of sp³-hybridized carbons (Fsp3) is 0.400. The van der Waals surface area contributed by atoms with Crippen LogP contribution in [0.25, 0.3) is 0 Å². The molecule has 1 aliphatic heterocycles. The first-order chi connectivity index (χ1) is 5.58. The van der Waals surface area contributed by atoms with Gasteiger partial charge in [-0.15, -0.1) is 0 Å². The molecule has 0 aromatic carbocycles. The van der Waals surface area contributed by atoms with Gasteiger partial charge in [-0.1, -0.05) is 16.2 Å². The molecule has 7 heteroatoms. The molecule has 0 aliphatic carbocycles. The van der Waals surface area contributed by atoms with Crippen molar-refractivity contribution in [2.45, 2.75) is 5.12 Å². The number of nitrogens with zero attached hydrogens (tertiary/aromatic N) is 2. The van der Waals surface area contributed by atoms with Gasteiger partial charge in [0.25, 0.3) is 0 Å². The van der Waals surface area contributed by atoms with E-state index in [1.165, 1.54) is 18.1 Å². The molecule has 0 saturated carbocycles. The first-order valence-corrected chi connectivity index (χ1v) is 3.85. The van der Waals surface area contributed by atoms with Gasteiger partial charge in [-0.25, -0.2) is 0 Å². The van der Waals surface area contributed by atoms with E-state index in [1.54, 1.807) is 6.08 Å². The van der Waals surface area contributed by atoms with Crippen molar-refractivity contribution in [1.29, 1.82) is 0 Å². The van der Waals surface area contributed by atoms with Crippen LogP contribution >= 0.6 is 23.4 Å². The molecule has 0 saturated heterocycles. The summed E-state index contributed by atoms with van der Waals surface area (Å²) in [5.74, 6) is 0. The number of rotatable bonds is 2. The van der Waals surface area contributed by atoms with E-state index in [0.29, 0.717) is 6.41 Å². The topological polar surface area (TPSA) is 47.6 Å². The van der Waals surface area contributed by atoms with Crippen LogP contribution in [0.15, 0.2) is 12.3 Å². The summed E-state index contributed by atoms with van der Waals surface area (Å²) in [6, 6.07) is 0. The Hall–Kier alpha value is -0.490. The predicted molar refractivity (Wildman–Crippen MR) is 45.5 cm³/mol. The summed E-state index contributed by atoms with van der Waals surface area (Å²) in [5.41, 5.74) is 5.20. The molecule has 0 aromatic rings. The number of likely N-dealkylation sites (N-methyl/N-ethyl adjacent to an activating group) is 1. The molecule has 1 amide bonds. The van der Waals surface area contributed by atoms with Crippen LogP contribution in [0.3, 0.4) is 0 Å². The Morgan fingerprint density at radius 3 is 2.92 bits per heavy atom. The molecule has 1 rings (SSSR count). The summed E-state index contributed by atoms with van der Waals surface area (Å²) in [4.78, 5) is 11.6. The quantitative estimate of drug-likeness (QED) is 0.291. The summed E-state index contributed by atoms with van der Waals surface area (Å²) >= 11 is 11.5. The zero-order valence-corrected chi connectivity index (χ0v) is 7.80. The second-order valence-electron chi connectivity index (χ2n) is 2.24. The first kappa shape index (κ1) is 9.60. The molecule has 68 valence electrons. The van der Waals surface area contributed by atoms with Gasteiger partial charge in [0.05, 0.1) is 0 Å². The van der Waals surface area contributed by atoms with E-state index in [0.717, 1.165) is 4.64 Å². The minimum atomic E-state index is -1.10. The molecule has 5 nitrogen and oxygen atoms in total. The zero-order valence-electron chi connectivity index (χ0n) is 6.29. The van der Waals surface area contributed by atoms with Crippen molar-refractivity contribution in [1.82, 2.24) is 20.4 Å². The maximum absolute atomic E-state index is 10.4. The van der Waals surface area contributed by atoms with Gasteiger partial charge in [0.2, 0.25) is 11.5 Å². The highest BCUT2D eigenvalue weighted by Crippen LogP contribution is 2.19. The third kappa shape index (κ3) is 1.81. The van der Waals surface area contributed by atoms with Crippen molar-refractivity contribution < 1.29 is 4.79 Å². The molecule has 0 spiro atoms. The van der Waals surface area contributed by atoms with E-state index in [1.807, 2.05) is 0 Å². The molecule has 0 radical (unpaired) electrons. The lowest BCUT2D eigenvalue weighted by Crippen LogP contribution is -2.60. The number of carbonyl (C=O) groups excluding carboxylic acids is 1. The minimum Gasteiger partial charge on any atom is -0.313 e. The molecule has 1 unspecified atom stereocenters. The molecule has 1 atom stereocenters. The highest BCUT2D eigenvalue weighted by Gasteiger charge is 2.32. The fourth-order valence-corrected chi connectivity index (χ4v) is 1.11. The average molecular weight is 211 g/mol. The number of carbonyl (C=O) groups is 1. The monoisotopic (exact) mass is 210 g/mol. The van der Waals surface area contributed by atoms with Crippen molar-refractivity contribution in [3.63, 3.8) is 0 Å². The van der Waals surface area contributed by atoms with E-state index in [-0.39, 0.29) is 0 Å². The fourth-order valence-electron chi connectivity index (χ4n) is 0.693. The van der Waals surface area contributed by atoms with Gasteiger partial charge in [0.15, 0.2) is 0 Å². The summed E-state index contributed by atoms with van der Waals surface area (Å²) in [6.45, 7) is 0. The second kappa shape index (κ2) is 3.49. The molecule has 12 heavy (non-hydrogen) atoms. The van der Waals surface area contributed by atoms with Crippen LogP contribution in [0, 0.1) is 0 Å². The Morgan fingerprint density at radius 2 is 2.42 bits per heavy atom. The Bertz CT molecular complexity index is 212. The molecule has 1 aliphatic rings. The Morgan fingerprint density at radius 1 is 1.75 bits per heavy atom. The molecule has 0 aromatic heterocycles. The Kier molecular flexibility index (Phi) is 2.79. The number of halogens is 2. The Balaban J connectivity index is 2.76. The first-order valence-electron chi connectivity index (χ1n) is 3.13. The number of hydrogen-bond acceptors (Lipinski definition) is 4. The average Bonchev–Trinajstić information content (AvgIpc) is 2.02. The third-order valence-corrected chi connectivity index (χ3v) is 2.08. The minimum absolute atomic E-state index is 0.598. The standard InChI is InChI=1S/C5H8Cl2N4O/c1-10(4-12)5(6)2-3-8-11(7)9-5/h2-4,8-9H,1H3. The Labute approximate surface area is 79.9 Å². The maximum atomic E-state index is 10.4. The summed E-state index contributed by atoms with van der Waals surface area (Å²) in [7, 11) is 1.54. The lowest BCUT2D eigenvalue weighted by atomic mass is 10.4. The van der Waals surface area contributed by atoms with Gasteiger partial charge in [-0.3, -0.25) is 10.2 Å². The van der Waals surface area contributed by atoms with Crippen molar-refractivity contribution in [3.05, 3.63) is 12.3 Å². The van der Waals surface area contributed by atoms with Gasteiger partial charge in [-0.05, 0) is 6.08 Å². The smallest absolute Gasteiger partial charge is 0.212 e. The van der Waals surface area contributed by atoms with Crippen LogP contribution in [0.2, 0.25) is 0 Å². The summed E-state index contributed by atoms with van der Waals surface area (Å²) < 4.78 is 1.03. The molecular weight excluding hydrogens is 203 g/mol. The van der Waals surface area contributed by atoms with E-state index in [2.05, 4.69) is 10.9 Å². The van der Waals surface area contributed by atoms with Crippen LogP contribution in [-0.4, -0.2) is 28.1 Å². The van der Waals surface area contributed by atoms with Crippen molar-refractivity contribution in [3.8, 4) is 0 Å². The molecule has 2 N–H and O–H groups in total. The van der Waals surface area contributed by atoms with Gasteiger partial charge >= 0.3 is 0 Å². The van der Waals surface area contributed by atoms with Crippen molar-refractivity contribution in [2.75, 3.05) is 7.05 Å². The highest BCUT2D eigenvalue weighted by molar-refractivity contribution is 6.25. The zero-order chi connectivity index (χ0) is 9.19.